The Morgan fingerprint density at radius 2 is 2.00 bits per heavy atom. The first-order valence-electron chi connectivity index (χ1n) is 5.15. The summed E-state index contributed by atoms with van der Waals surface area (Å²) in [5.74, 6) is 1.33. The van der Waals surface area contributed by atoms with Gasteiger partial charge in [-0.3, -0.25) is 0 Å². The van der Waals surface area contributed by atoms with E-state index in [9.17, 15) is 0 Å². The van der Waals surface area contributed by atoms with Crippen molar-refractivity contribution in [2.45, 2.75) is 12.8 Å². The standard InChI is InChI=1S/C10H14ClN3O/c11-10-13-5-9(6-14-10)15-7-8-1-3-12-4-2-8/h5-6,8,12H,1-4,7H2. The fourth-order valence-corrected chi connectivity index (χ4v) is 1.74. The fraction of sp³-hybridized carbons (Fsp3) is 0.600. The van der Waals surface area contributed by atoms with Crippen LogP contribution >= 0.6 is 11.6 Å². The summed E-state index contributed by atoms with van der Waals surface area (Å²) in [6, 6.07) is 0. The molecule has 2 heterocycles. The van der Waals surface area contributed by atoms with Crippen LogP contribution in [0.4, 0.5) is 0 Å². The summed E-state index contributed by atoms with van der Waals surface area (Å²) < 4.78 is 5.59. The van der Waals surface area contributed by atoms with Crippen LogP contribution in [-0.4, -0.2) is 29.7 Å². The molecule has 0 bridgehead atoms. The third-order valence-corrected chi connectivity index (χ3v) is 2.74. The van der Waals surface area contributed by atoms with Crippen LogP contribution in [0.1, 0.15) is 12.8 Å². The summed E-state index contributed by atoms with van der Waals surface area (Å²) in [4.78, 5) is 7.72. The highest BCUT2D eigenvalue weighted by Gasteiger charge is 2.13. The van der Waals surface area contributed by atoms with Crippen molar-refractivity contribution in [3.63, 3.8) is 0 Å². The van der Waals surface area contributed by atoms with Crippen molar-refractivity contribution in [1.29, 1.82) is 0 Å². The van der Waals surface area contributed by atoms with Crippen LogP contribution in [0.15, 0.2) is 12.4 Å². The van der Waals surface area contributed by atoms with Gasteiger partial charge >= 0.3 is 0 Å². The van der Waals surface area contributed by atoms with Gasteiger partial charge in [0.15, 0.2) is 5.75 Å². The average molecular weight is 228 g/mol. The summed E-state index contributed by atoms with van der Waals surface area (Å²) in [6.07, 6.45) is 5.57. The van der Waals surface area contributed by atoms with E-state index in [2.05, 4.69) is 15.3 Å². The van der Waals surface area contributed by atoms with E-state index < -0.39 is 0 Å². The van der Waals surface area contributed by atoms with E-state index >= 15 is 0 Å². The van der Waals surface area contributed by atoms with E-state index in [4.69, 9.17) is 16.3 Å². The second-order valence-electron chi connectivity index (χ2n) is 3.69. The summed E-state index contributed by atoms with van der Waals surface area (Å²) >= 11 is 5.57. The van der Waals surface area contributed by atoms with Crippen LogP contribution < -0.4 is 10.1 Å². The zero-order valence-corrected chi connectivity index (χ0v) is 9.20. The minimum Gasteiger partial charge on any atom is -0.490 e. The van der Waals surface area contributed by atoms with Gasteiger partial charge in [0.1, 0.15) is 0 Å². The summed E-state index contributed by atoms with van der Waals surface area (Å²) in [5, 5.41) is 3.58. The molecule has 1 aliphatic rings. The van der Waals surface area contributed by atoms with Crippen molar-refractivity contribution >= 4 is 11.6 Å². The maximum Gasteiger partial charge on any atom is 0.222 e. The molecular formula is C10H14ClN3O. The molecule has 15 heavy (non-hydrogen) atoms. The van der Waals surface area contributed by atoms with Gasteiger partial charge in [0, 0.05) is 0 Å². The molecule has 1 fully saturated rings. The Morgan fingerprint density at radius 1 is 1.33 bits per heavy atom. The van der Waals surface area contributed by atoms with Gasteiger partial charge in [-0.15, -0.1) is 0 Å². The molecule has 0 amide bonds. The molecule has 0 radical (unpaired) electrons. The molecule has 0 atom stereocenters. The third kappa shape index (κ3) is 3.32. The quantitative estimate of drug-likeness (QED) is 0.796. The zero-order chi connectivity index (χ0) is 10.5. The molecule has 1 aromatic rings. The summed E-state index contributed by atoms with van der Waals surface area (Å²) in [6.45, 7) is 2.92. The van der Waals surface area contributed by atoms with Gasteiger partial charge in [-0.25, -0.2) is 9.97 Å². The topological polar surface area (TPSA) is 47.0 Å². The molecule has 4 nitrogen and oxygen atoms in total. The molecule has 5 heteroatoms. The van der Waals surface area contributed by atoms with Crippen LogP contribution in [0.25, 0.3) is 0 Å². The van der Waals surface area contributed by atoms with Crippen molar-refractivity contribution in [2.75, 3.05) is 19.7 Å². The lowest BCUT2D eigenvalue weighted by atomic mass is 9.99. The first-order valence-corrected chi connectivity index (χ1v) is 5.53. The Kier molecular flexibility index (Phi) is 3.75. The van der Waals surface area contributed by atoms with Crippen LogP contribution in [0.2, 0.25) is 5.28 Å². The predicted octanol–water partition coefficient (Wildman–Crippen LogP) is 1.51. The number of hydrogen-bond acceptors (Lipinski definition) is 4. The minimum atomic E-state index is 0.254. The molecule has 0 aliphatic carbocycles. The number of rotatable bonds is 3. The van der Waals surface area contributed by atoms with E-state index in [1.54, 1.807) is 12.4 Å². The van der Waals surface area contributed by atoms with Gasteiger partial charge < -0.3 is 10.1 Å². The van der Waals surface area contributed by atoms with Crippen molar-refractivity contribution in [1.82, 2.24) is 15.3 Å². The fourth-order valence-electron chi connectivity index (χ4n) is 1.64. The monoisotopic (exact) mass is 227 g/mol. The normalized spacial score (nSPS) is 17.7. The number of hydrogen-bond donors (Lipinski definition) is 1. The van der Waals surface area contributed by atoms with Crippen LogP contribution in [0, 0.1) is 5.92 Å². The Hall–Kier alpha value is -0.870. The van der Waals surface area contributed by atoms with Gasteiger partial charge in [0.2, 0.25) is 5.28 Å². The van der Waals surface area contributed by atoms with Crippen LogP contribution in [0.3, 0.4) is 0 Å². The van der Waals surface area contributed by atoms with E-state index in [1.807, 2.05) is 0 Å². The van der Waals surface area contributed by atoms with Crippen molar-refractivity contribution < 1.29 is 4.74 Å². The first kappa shape index (κ1) is 10.6. The Morgan fingerprint density at radius 3 is 2.67 bits per heavy atom. The van der Waals surface area contributed by atoms with Gasteiger partial charge in [0.25, 0.3) is 0 Å². The highest BCUT2D eigenvalue weighted by Crippen LogP contribution is 2.15. The third-order valence-electron chi connectivity index (χ3n) is 2.54. The van der Waals surface area contributed by atoms with Crippen LogP contribution in [0.5, 0.6) is 5.75 Å². The molecule has 2 rings (SSSR count). The predicted molar refractivity (Wildman–Crippen MR) is 58.1 cm³/mol. The molecule has 1 aromatic heterocycles. The lowest BCUT2D eigenvalue weighted by molar-refractivity contribution is 0.214. The Labute approximate surface area is 94.0 Å². The zero-order valence-electron chi connectivity index (χ0n) is 8.45. The maximum atomic E-state index is 5.59. The molecule has 0 unspecified atom stereocenters. The van der Waals surface area contributed by atoms with Gasteiger partial charge in [-0.1, -0.05) is 0 Å². The highest BCUT2D eigenvalue weighted by atomic mass is 35.5. The molecule has 1 saturated heterocycles. The number of aromatic nitrogens is 2. The van der Waals surface area contributed by atoms with Gasteiger partial charge in [-0.05, 0) is 43.5 Å². The molecule has 0 saturated carbocycles. The number of ether oxygens (including phenoxy) is 1. The highest BCUT2D eigenvalue weighted by molar-refractivity contribution is 6.28. The van der Waals surface area contributed by atoms with E-state index in [0.717, 1.165) is 19.7 Å². The van der Waals surface area contributed by atoms with E-state index in [0.29, 0.717) is 11.7 Å². The second-order valence-corrected chi connectivity index (χ2v) is 4.03. The summed E-state index contributed by atoms with van der Waals surface area (Å²) in [7, 11) is 0. The number of nitrogens with zero attached hydrogens (tertiary/aromatic N) is 2. The molecular weight excluding hydrogens is 214 g/mol. The maximum absolute atomic E-state index is 5.59. The number of nitrogens with one attached hydrogen (secondary N) is 1. The minimum absolute atomic E-state index is 0.254. The molecule has 1 aliphatic heterocycles. The smallest absolute Gasteiger partial charge is 0.222 e. The van der Waals surface area contributed by atoms with Crippen molar-refractivity contribution in [3.05, 3.63) is 17.7 Å². The number of halogens is 1. The van der Waals surface area contributed by atoms with Gasteiger partial charge in [-0.2, -0.15) is 0 Å². The summed E-state index contributed by atoms with van der Waals surface area (Å²) in [5.41, 5.74) is 0. The lowest BCUT2D eigenvalue weighted by Crippen LogP contribution is -2.30. The lowest BCUT2D eigenvalue weighted by Gasteiger charge is -2.22. The van der Waals surface area contributed by atoms with E-state index in [1.165, 1.54) is 12.8 Å². The van der Waals surface area contributed by atoms with E-state index in [-0.39, 0.29) is 5.28 Å². The second kappa shape index (κ2) is 5.28. The molecule has 82 valence electrons. The molecule has 1 N–H and O–H groups in total. The number of piperidine rings is 1. The van der Waals surface area contributed by atoms with Crippen molar-refractivity contribution in [2.24, 2.45) is 5.92 Å². The SMILES string of the molecule is Clc1ncc(OCC2CCNCC2)cn1. The Balaban J connectivity index is 1.79. The average Bonchev–Trinajstić information content (AvgIpc) is 2.30. The van der Waals surface area contributed by atoms with Crippen molar-refractivity contribution in [3.8, 4) is 5.75 Å². The largest absolute Gasteiger partial charge is 0.490 e. The molecule has 0 aromatic carbocycles. The van der Waals surface area contributed by atoms with Crippen LogP contribution in [-0.2, 0) is 0 Å². The first-order chi connectivity index (χ1) is 7.34. The van der Waals surface area contributed by atoms with Gasteiger partial charge in [0.05, 0.1) is 19.0 Å². The molecule has 0 spiro atoms. The Bertz CT molecular complexity index is 298.